The smallest absolute Gasteiger partial charge is 0.254 e. The zero-order valence-electron chi connectivity index (χ0n) is 18.8. The molecule has 1 heterocycles. The number of hydrogen-bond acceptors (Lipinski definition) is 3. The minimum absolute atomic E-state index is 0.0336. The minimum Gasteiger partial charge on any atom is -0.330 e. The molecule has 3 aromatic rings. The van der Waals surface area contributed by atoms with Gasteiger partial charge >= 0.3 is 0 Å². The largest absolute Gasteiger partial charge is 0.330 e. The molecule has 0 aliphatic rings. The van der Waals surface area contributed by atoms with Crippen LogP contribution in [0, 0.1) is 6.92 Å². The van der Waals surface area contributed by atoms with Crippen LogP contribution in [0.5, 0.6) is 0 Å². The van der Waals surface area contributed by atoms with Crippen molar-refractivity contribution in [2.24, 2.45) is 0 Å². The highest BCUT2D eigenvalue weighted by Crippen LogP contribution is 2.26. The van der Waals surface area contributed by atoms with Crippen molar-refractivity contribution in [1.82, 2.24) is 14.7 Å². The SMILES string of the molecule is CCN(CC(=O)Nc1cc(C(C)(C)C)nn1-c1ccc(C)cc1)C(=O)c1ccccc1. The first-order chi connectivity index (χ1) is 14.7. The van der Waals surface area contributed by atoms with E-state index in [9.17, 15) is 9.59 Å². The average Bonchev–Trinajstić information content (AvgIpc) is 3.17. The lowest BCUT2D eigenvalue weighted by atomic mass is 9.92. The Bertz CT molecular complexity index is 1050. The van der Waals surface area contributed by atoms with Crippen LogP contribution in [0.15, 0.2) is 60.7 Å². The number of amides is 2. The molecule has 0 bridgehead atoms. The number of nitrogens with zero attached hydrogens (tertiary/aromatic N) is 3. The molecule has 6 heteroatoms. The molecule has 1 aromatic heterocycles. The third kappa shape index (κ3) is 5.40. The van der Waals surface area contributed by atoms with Crippen LogP contribution in [-0.4, -0.2) is 39.6 Å². The average molecular weight is 419 g/mol. The topological polar surface area (TPSA) is 67.2 Å². The zero-order chi connectivity index (χ0) is 22.6. The van der Waals surface area contributed by atoms with Crippen LogP contribution in [0.1, 0.15) is 49.3 Å². The fourth-order valence-corrected chi connectivity index (χ4v) is 3.17. The standard InChI is InChI=1S/C25H30N4O2/c1-6-28(24(31)19-10-8-7-9-11-19)17-23(30)26-22-16-21(25(3,4)5)27-29(22)20-14-12-18(2)13-15-20/h7-16H,6,17H2,1-5H3,(H,26,30). The Kier molecular flexibility index (Phi) is 6.59. The Labute approximate surface area is 183 Å². The van der Waals surface area contributed by atoms with Crippen LogP contribution >= 0.6 is 0 Å². The fourth-order valence-electron chi connectivity index (χ4n) is 3.17. The number of anilines is 1. The number of hydrogen-bond donors (Lipinski definition) is 1. The third-order valence-electron chi connectivity index (χ3n) is 5.05. The molecule has 0 aliphatic heterocycles. The number of aryl methyl sites for hydroxylation is 1. The maximum atomic E-state index is 12.9. The highest BCUT2D eigenvalue weighted by atomic mass is 16.2. The van der Waals surface area contributed by atoms with Gasteiger partial charge in [-0.15, -0.1) is 0 Å². The van der Waals surface area contributed by atoms with Gasteiger partial charge in [0, 0.05) is 23.6 Å². The molecule has 3 rings (SSSR count). The minimum atomic E-state index is -0.264. The van der Waals surface area contributed by atoms with E-state index in [-0.39, 0.29) is 23.8 Å². The van der Waals surface area contributed by atoms with Gasteiger partial charge in [-0.3, -0.25) is 9.59 Å². The highest BCUT2D eigenvalue weighted by molar-refractivity contribution is 5.99. The van der Waals surface area contributed by atoms with Gasteiger partial charge in [0.15, 0.2) is 0 Å². The summed E-state index contributed by atoms with van der Waals surface area (Å²) in [6.45, 7) is 10.5. The van der Waals surface area contributed by atoms with Crippen molar-refractivity contribution < 1.29 is 9.59 Å². The van der Waals surface area contributed by atoms with Crippen molar-refractivity contribution in [3.8, 4) is 5.69 Å². The van der Waals surface area contributed by atoms with Gasteiger partial charge in [0.1, 0.15) is 12.4 Å². The van der Waals surface area contributed by atoms with Crippen molar-refractivity contribution in [1.29, 1.82) is 0 Å². The monoisotopic (exact) mass is 418 g/mol. The Hall–Kier alpha value is -3.41. The molecule has 0 saturated carbocycles. The second kappa shape index (κ2) is 9.16. The molecular formula is C25H30N4O2. The van der Waals surface area contributed by atoms with Gasteiger partial charge in [0.2, 0.25) is 5.91 Å². The van der Waals surface area contributed by atoms with E-state index in [1.54, 1.807) is 16.8 Å². The summed E-state index contributed by atoms with van der Waals surface area (Å²) in [5, 5.41) is 7.69. The molecule has 6 nitrogen and oxygen atoms in total. The maximum absolute atomic E-state index is 12.9. The molecule has 0 saturated heterocycles. The van der Waals surface area contributed by atoms with Gasteiger partial charge in [-0.2, -0.15) is 5.10 Å². The summed E-state index contributed by atoms with van der Waals surface area (Å²) in [5.41, 5.74) is 3.28. The molecule has 0 radical (unpaired) electrons. The second-order valence-corrected chi connectivity index (χ2v) is 8.65. The number of likely N-dealkylation sites (N-methyl/N-ethyl adjacent to an activating group) is 1. The number of benzene rings is 2. The summed E-state index contributed by atoms with van der Waals surface area (Å²) in [6, 6.07) is 18.9. The summed E-state index contributed by atoms with van der Waals surface area (Å²) in [6.07, 6.45) is 0. The Balaban J connectivity index is 1.83. The fraction of sp³-hybridized carbons (Fsp3) is 0.320. The number of carbonyl (C=O) groups is 2. The molecule has 0 unspecified atom stereocenters. The van der Waals surface area contributed by atoms with Gasteiger partial charge in [0.25, 0.3) is 5.91 Å². The van der Waals surface area contributed by atoms with E-state index in [2.05, 4.69) is 26.1 Å². The molecule has 2 amide bonds. The predicted octanol–water partition coefficient (Wildman–Crippen LogP) is 4.58. The van der Waals surface area contributed by atoms with Crippen LogP contribution in [0.2, 0.25) is 0 Å². The maximum Gasteiger partial charge on any atom is 0.254 e. The van der Waals surface area contributed by atoms with Gasteiger partial charge < -0.3 is 10.2 Å². The molecular weight excluding hydrogens is 388 g/mol. The lowest BCUT2D eigenvalue weighted by Gasteiger charge is -2.20. The van der Waals surface area contributed by atoms with E-state index in [4.69, 9.17) is 5.10 Å². The Morgan fingerprint density at radius 1 is 1.03 bits per heavy atom. The molecule has 31 heavy (non-hydrogen) atoms. The Morgan fingerprint density at radius 2 is 1.68 bits per heavy atom. The summed E-state index contributed by atoms with van der Waals surface area (Å²) >= 11 is 0. The number of carbonyl (C=O) groups excluding carboxylic acids is 2. The molecule has 0 spiro atoms. The quantitative estimate of drug-likeness (QED) is 0.637. The van der Waals surface area contributed by atoms with E-state index in [0.717, 1.165) is 16.9 Å². The van der Waals surface area contributed by atoms with Crippen molar-refractivity contribution in [3.05, 3.63) is 77.5 Å². The van der Waals surface area contributed by atoms with Crippen molar-refractivity contribution >= 4 is 17.6 Å². The summed E-state index contributed by atoms with van der Waals surface area (Å²) in [7, 11) is 0. The predicted molar refractivity (Wildman–Crippen MR) is 124 cm³/mol. The first kappa shape index (κ1) is 22.3. The molecule has 0 atom stereocenters. The van der Waals surface area contributed by atoms with E-state index in [1.807, 2.05) is 62.4 Å². The van der Waals surface area contributed by atoms with E-state index in [0.29, 0.717) is 17.9 Å². The van der Waals surface area contributed by atoms with Crippen LogP contribution in [-0.2, 0) is 10.2 Å². The molecule has 0 fully saturated rings. The lowest BCUT2D eigenvalue weighted by molar-refractivity contribution is -0.116. The number of nitrogens with one attached hydrogen (secondary N) is 1. The summed E-state index contributed by atoms with van der Waals surface area (Å²) in [5.74, 6) is 0.155. The number of aromatic nitrogens is 2. The first-order valence-electron chi connectivity index (χ1n) is 10.5. The van der Waals surface area contributed by atoms with Crippen LogP contribution in [0.4, 0.5) is 5.82 Å². The number of rotatable bonds is 6. The van der Waals surface area contributed by atoms with E-state index < -0.39 is 0 Å². The van der Waals surface area contributed by atoms with Crippen molar-refractivity contribution in [3.63, 3.8) is 0 Å². The van der Waals surface area contributed by atoms with Gasteiger partial charge in [-0.05, 0) is 38.1 Å². The lowest BCUT2D eigenvalue weighted by Crippen LogP contribution is -2.38. The van der Waals surface area contributed by atoms with Crippen LogP contribution < -0.4 is 5.32 Å². The van der Waals surface area contributed by atoms with Crippen LogP contribution in [0.3, 0.4) is 0 Å². The van der Waals surface area contributed by atoms with E-state index in [1.165, 1.54) is 4.90 Å². The van der Waals surface area contributed by atoms with Crippen molar-refractivity contribution in [2.75, 3.05) is 18.4 Å². The van der Waals surface area contributed by atoms with Crippen LogP contribution in [0.25, 0.3) is 5.69 Å². The second-order valence-electron chi connectivity index (χ2n) is 8.65. The van der Waals surface area contributed by atoms with Gasteiger partial charge in [0.05, 0.1) is 11.4 Å². The molecule has 162 valence electrons. The zero-order valence-corrected chi connectivity index (χ0v) is 18.8. The molecule has 2 aromatic carbocycles. The molecule has 1 N–H and O–H groups in total. The Morgan fingerprint density at radius 3 is 2.26 bits per heavy atom. The first-order valence-corrected chi connectivity index (χ1v) is 10.5. The molecule has 0 aliphatic carbocycles. The van der Waals surface area contributed by atoms with Gasteiger partial charge in [-0.25, -0.2) is 4.68 Å². The van der Waals surface area contributed by atoms with Crippen molar-refractivity contribution in [2.45, 2.75) is 40.0 Å². The summed E-state index contributed by atoms with van der Waals surface area (Å²) < 4.78 is 1.74. The van der Waals surface area contributed by atoms with Gasteiger partial charge in [-0.1, -0.05) is 56.7 Å². The normalized spacial score (nSPS) is 11.3. The summed E-state index contributed by atoms with van der Waals surface area (Å²) in [4.78, 5) is 27.1. The van der Waals surface area contributed by atoms with E-state index >= 15 is 0 Å². The third-order valence-corrected chi connectivity index (χ3v) is 5.05. The highest BCUT2D eigenvalue weighted by Gasteiger charge is 2.23.